The molecule has 1 aromatic heterocycles. The summed E-state index contributed by atoms with van der Waals surface area (Å²) in [6.45, 7) is -0.467. The highest BCUT2D eigenvalue weighted by molar-refractivity contribution is 5.97. The van der Waals surface area contributed by atoms with Crippen molar-refractivity contribution in [3.8, 4) is 11.4 Å². The van der Waals surface area contributed by atoms with Crippen molar-refractivity contribution in [1.29, 1.82) is 0 Å². The highest BCUT2D eigenvalue weighted by Gasteiger charge is 2.27. The first kappa shape index (κ1) is 19.3. The van der Waals surface area contributed by atoms with E-state index in [1.165, 1.54) is 12.1 Å². The third-order valence-electron chi connectivity index (χ3n) is 5.21. The van der Waals surface area contributed by atoms with Crippen LogP contribution in [0.1, 0.15) is 58.1 Å². The Hall–Kier alpha value is -3.00. The predicted octanol–water partition coefficient (Wildman–Crippen LogP) is 4.61. The number of nitrogens with zero attached hydrogens (tertiary/aromatic N) is 2. The number of fused-ring (bicyclic) bond motifs is 1. The standard InChI is InChI=1S/C21H17F3N2O3/c22-18-14(10-27)2-1-3-16(18)17(28)9-12-5-4-11-8-13(6-7-15(11)12)20-25-21(19(23)24)29-26-20/h1-3,6-8,12,19,27H,4-5,9-10H2/t12-/m0/s1. The van der Waals surface area contributed by atoms with Gasteiger partial charge in [0.15, 0.2) is 5.78 Å². The van der Waals surface area contributed by atoms with Crippen molar-refractivity contribution in [3.05, 3.63) is 70.4 Å². The second kappa shape index (κ2) is 7.79. The number of carbonyl (C=O) groups excluding carboxylic acids is 1. The van der Waals surface area contributed by atoms with Gasteiger partial charge in [-0.1, -0.05) is 29.4 Å². The Kier molecular flexibility index (Phi) is 5.19. The van der Waals surface area contributed by atoms with E-state index in [0.717, 1.165) is 17.5 Å². The Morgan fingerprint density at radius 2 is 2.10 bits per heavy atom. The topological polar surface area (TPSA) is 76.2 Å². The zero-order valence-electron chi connectivity index (χ0n) is 15.2. The van der Waals surface area contributed by atoms with E-state index in [1.54, 1.807) is 12.1 Å². The number of rotatable bonds is 6. The Bertz CT molecular complexity index is 1070. The molecule has 0 saturated heterocycles. The molecule has 1 atom stereocenters. The van der Waals surface area contributed by atoms with E-state index in [-0.39, 0.29) is 35.1 Å². The summed E-state index contributed by atoms with van der Waals surface area (Å²) in [7, 11) is 0. The van der Waals surface area contributed by atoms with Gasteiger partial charge in [-0.25, -0.2) is 4.39 Å². The smallest absolute Gasteiger partial charge is 0.315 e. The van der Waals surface area contributed by atoms with Gasteiger partial charge >= 0.3 is 6.43 Å². The van der Waals surface area contributed by atoms with Crippen molar-refractivity contribution in [2.45, 2.75) is 38.2 Å². The Morgan fingerprint density at radius 3 is 2.83 bits per heavy atom. The summed E-state index contributed by atoms with van der Waals surface area (Å²) >= 11 is 0. The Labute approximate surface area is 164 Å². The summed E-state index contributed by atoms with van der Waals surface area (Å²) in [6.07, 6.45) is -1.25. The second-order valence-corrected chi connectivity index (χ2v) is 6.97. The van der Waals surface area contributed by atoms with Gasteiger partial charge in [0.25, 0.3) is 5.89 Å². The molecule has 8 heteroatoms. The normalized spacial score (nSPS) is 15.7. The molecule has 3 aromatic rings. The lowest BCUT2D eigenvalue weighted by Gasteiger charge is -2.12. The number of aromatic nitrogens is 2. The Balaban J connectivity index is 1.54. The lowest BCUT2D eigenvalue weighted by atomic mass is 9.92. The van der Waals surface area contributed by atoms with Gasteiger partial charge in [-0.15, -0.1) is 0 Å². The minimum absolute atomic E-state index is 0.0204. The van der Waals surface area contributed by atoms with Gasteiger partial charge in [0.1, 0.15) is 5.82 Å². The van der Waals surface area contributed by atoms with E-state index in [9.17, 15) is 23.1 Å². The molecule has 0 bridgehead atoms. The summed E-state index contributed by atoms with van der Waals surface area (Å²) in [5.74, 6) is -1.70. The number of benzene rings is 2. The van der Waals surface area contributed by atoms with Gasteiger partial charge in [0, 0.05) is 17.5 Å². The zero-order chi connectivity index (χ0) is 20.5. The molecule has 29 heavy (non-hydrogen) atoms. The molecule has 150 valence electrons. The van der Waals surface area contributed by atoms with Crippen LogP contribution >= 0.6 is 0 Å². The maximum Gasteiger partial charge on any atom is 0.315 e. The van der Waals surface area contributed by atoms with Crippen LogP contribution in [0.4, 0.5) is 13.2 Å². The van der Waals surface area contributed by atoms with Crippen LogP contribution in [0.3, 0.4) is 0 Å². The summed E-state index contributed by atoms with van der Waals surface area (Å²) in [4.78, 5) is 16.3. The number of aliphatic hydroxyl groups excluding tert-OH is 1. The minimum atomic E-state index is -2.83. The van der Waals surface area contributed by atoms with Crippen molar-refractivity contribution in [2.75, 3.05) is 0 Å². The first-order chi connectivity index (χ1) is 14.0. The maximum absolute atomic E-state index is 14.3. The van der Waals surface area contributed by atoms with Crippen LogP contribution in [0.25, 0.3) is 11.4 Å². The zero-order valence-corrected chi connectivity index (χ0v) is 15.2. The number of Topliss-reactive ketones (excluding diaryl/α,β-unsaturated/α-hetero) is 1. The van der Waals surface area contributed by atoms with Crippen LogP contribution < -0.4 is 0 Å². The molecule has 1 N–H and O–H groups in total. The molecule has 0 fully saturated rings. The lowest BCUT2D eigenvalue weighted by Crippen LogP contribution is -2.09. The van der Waals surface area contributed by atoms with Gasteiger partial charge in [-0.05, 0) is 42.0 Å². The minimum Gasteiger partial charge on any atom is -0.392 e. The van der Waals surface area contributed by atoms with Crippen LogP contribution in [0, 0.1) is 5.82 Å². The molecule has 0 radical (unpaired) electrons. The molecule has 0 aliphatic heterocycles. The van der Waals surface area contributed by atoms with Crippen molar-refractivity contribution in [1.82, 2.24) is 10.1 Å². The van der Waals surface area contributed by atoms with Gasteiger partial charge in [-0.3, -0.25) is 4.79 Å². The number of aliphatic hydroxyl groups is 1. The van der Waals surface area contributed by atoms with E-state index >= 15 is 0 Å². The number of ketones is 1. The maximum atomic E-state index is 14.3. The van der Waals surface area contributed by atoms with Crippen LogP contribution in [0.15, 0.2) is 40.9 Å². The largest absolute Gasteiger partial charge is 0.392 e. The molecule has 1 aliphatic rings. The number of aryl methyl sites for hydroxylation is 1. The fraction of sp³-hybridized carbons (Fsp3) is 0.286. The second-order valence-electron chi connectivity index (χ2n) is 6.97. The summed E-state index contributed by atoms with van der Waals surface area (Å²) in [5, 5.41) is 12.8. The first-order valence-electron chi connectivity index (χ1n) is 9.14. The molecule has 0 saturated carbocycles. The van der Waals surface area contributed by atoms with Crippen LogP contribution in [-0.4, -0.2) is 21.0 Å². The third-order valence-corrected chi connectivity index (χ3v) is 5.21. The average molecular weight is 402 g/mol. The highest BCUT2D eigenvalue weighted by Crippen LogP contribution is 2.38. The van der Waals surface area contributed by atoms with Crippen LogP contribution in [0.2, 0.25) is 0 Å². The monoisotopic (exact) mass is 402 g/mol. The number of hydrogen-bond acceptors (Lipinski definition) is 5. The quantitative estimate of drug-likeness (QED) is 0.610. The summed E-state index contributed by atoms with van der Waals surface area (Å²) in [5.41, 5.74) is 2.59. The fourth-order valence-corrected chi connectivity index (χ4v) is 3.75. The highest BCUT2D eigenvalue weighted by atomic mass is 19.3. The molecule has 0 unspecified atom stereocenters. The van der Waals surface area contributed by atoms with Gasteiger partial charge in [0.05, 0.1) is 12.2 Å². The molecule has 1 heterocycles. The van der Waals surface area contributed by atoms with E-state index in [2.05, 4.69) is 14.7 Å². The van der Waals surface area contributed by atoms with Crippen LogP contribution in [-0.2, 0) is 13.0 Å². The SMILES string of the molecule is O=C(C[C@@H]1CCc2cc(-c3noc(C(F)F)n3)ccc21)c1cccc(CO)c1F. The van der Waals surface area contributed by atoms with Crippen molar-refractivity contribution < 1.29 is 27.6 Å². The van der Waals surface area contributed by atoms with Crippen molar-refractivity contribution >= 4 is 5.78 Å². The molecule has 0 spiro atoms. The van der Waals surface area contributed by atoms with Crippen LogP contribution in [0.5, 0.6) is 0 Å². The number of alkyl halides is 2. The fourth-order valence-electron chi connectivity index (χ4n) is 3.75. The lowest BCUT2D eigenvalue weighted by molar-refractivity contribution is 0.0969. The average Bonchev–Trinajstić information content (AvgIpc) is 3.35. The first-order valence-corrected chi connectivity index (χ1v) is 9.14. The molecule has 4 rings (SSSR count). The van der Waals surface area contributed by atoms with Gasteiger partial charge in [0.2, 0.25) is 5.82 Å². The van der Waals surface area contributed by atoms with Gasteiger partial charge in [-0.2, -0.15) is 13.8 Å². The van der Waals surface area contributed by atoms with E-state index in [0.29, 0.717) is 12.0 Å². The van der Waals surface area contributed by atoms with E-state index in [1.807, 2.05) is 12.1 Å². The molecular weight excluding hydrogens is 385 g/mol. The van der Waals surface area contributed by atoms with Crippen molar-refractivity contribution in [3.63, 3.8) is 0 Å². The van der Waals surface area contributed by atoms with Gasteiger partial charge < -0.3 is 9.63 Å². The van der Waals surface area contributed by atoms with E-state index < -0.39 is 24.7 Å². The molecular formula is C21H17F3N2O3. The molecule has 5 nitrogen and oxygen atoms in total. The number of carbonyl (C=O) groups is 1. The molecule has 1 aliphatic carbocycles. The number of hydrogen-bond donors (Lipinski definition) is 1. The Morgan fingerprint density at radius 1 is 1.28 bits per heavy atom. The summed E-state index contributed by atoms with van der Waals surface area (Å²) in [6, 6.07) is 9.76. The number of halogens is 3. The predicted molar refractivity (Wildman–Crippen MR) is 97.0 cm³/mol. The third kappa shape index (κ3) is 3.67. The molecule has 0 amide bonds. The summed E-state index contributed by atoms with van der Waals surface area (Å²) < 4.78 is 44.2. The molecule has 2 aromatic carbocycles. The van der Waals surface area contributed by atoms with Crippen molar-refractivity contribution in [2.24, 2.45) is 0 Å². The van der Waals surface area contributed by atoms with E-state index in [4.69, 9.17) is 0 Å².